The van der Waals surface area contributed by atoms with Crippen LogP contribution in [0.2, 0.25) is 0 Å². The molecule has 150 valence electrons. The van der Waals surface area contributed by atoms with Crippen molar-refractivity contribution in [2.45, 2.75) is 52.6 Å². The summed E-state index contributed by atoms with van der Waals surface area (Å²) in [6, 6.07) is -0.668. The highest BCUT2D eigenvalue weighted by Crippen LogP contribution is 2.21. The van der Waals surface area contributed by atoms with Crippen LogP contribution in [0.1, 0.15) is 51.9 Å². The molecule has 2 heterocycles. The van der Waals surface area contributed by atoms with Crippen molar-refractivity contribution in [1.82, 2.24) is 19.1 Å². The molecular formula is C18H30N5O4+. The average molecular weight is 380 g/mol. The summed E-state index contributed by atoms with van der Waals surface area (Å²) in [7, 11) is 2.89. The van der Waals surface area contributed by atoms with Gasteiger partial charge < -0.3 is 14.2 Å². The first kappa shape index (κ1) is 20.9. The van der Waals surface area contributed by atoms with Gasteiger partial charge in [-0.25, -0.2) is 14.6 Å². The van der Waals surface area contributed by atoms with Gasteiger partial charge in [-0.05, 0) is 19.3 Å². The zero-order chi connectivity index (χ0) is 20.1. The van der Waals surface area contributed by atoms with E-state index < -0.39 is 23.3 Å². The van der Waals surface area contributed by atoms with E-state index in [0.717, 1.165) is 25.9 Å². The summed E-state index contributed by atoms with van der Waals surface area (Å²) >= 11 is 0. The van der Waals surface area contributed by atoms with E-state index in [9.17, 15) is 14.4 Å². The highest BCUT2D eigenvalue weighted by Gasteiger charge is 2.29. The Morgan fingerprint density at radius 2 is 1.85 bits per heavy atom. The van der Waals surface area contributed by atoms with Crippen molar-refractivity contribution in [1.29, 1.82) is 0 Å². The molecule has 2 aromatic rings. The summed E-state index contributed by atoms with van der Waals surface area (Å²) in [5, 5.41) is 0. The minimum atomic E-state index is -0.668. The summed E-state index contributed by atoms with van der Waals surface area (Å²) < 4.78 is 7.91. The quantitative estimate of drug-likeness (QED) is 0.584. The van der Waals surface area contributed by atoms with Crippen LogP contribution >= 0.6 is 0 Å². The van der Waals surface area contributed by atoms with E-state index in [0.29, 0.717) is 18.8 Å². The number of rotatable bonds is 9. The molecule has 0 bridgehead atoms. The van der Waals surface area contributed by atoms with E-state index in [2.05, 4.69) is 23.8 Å². The number of carbonyl (C=O) groups is 1. The van der Waals surface area contributed by atoms with Crippen LogP contribution in [0.25, 0.3) is 11.2 Å². The van der Waals surface area contributed by atoms with Gasteiger partial charge in [-0.2, -0.15) is 0 Å². The van der Waals surface area contributed by atoms with Crippen molar-refractivity contribution in [3.8, 4) is 0 Å². The highest BCUT2D eigenvalue weighted by atomic mass is 16.5. The van der Waals surface area contributed by atoms with Crippen LogP contribution in [-0.2, 0) is 23.1 Å². The molecule has 0 aliphatic carbocycles. The van der Waals surface area contributed by atoms with Crippen LogP contribution in [-0.4, -0.2) is 45.3 Å². The summed E-state index contributed by atoms with van der Waals surface area (Å²) in [4.78, 5) is 45.2. The number of H-pyrrole nitrogens is 1. The molecule has 0 aliphatic heterocycles. The van der Waals surface area contributed by atoms with Crippen molar-refractivity contribution in [2.75, 3.05) is 20.2 Å². The largest absolute Gasteiger partial charge is 0.467 e. The Balaban J connectivity index is 2.74. The molecule has 2 aromatic heterocycles. The third-order valence-electron chi connectivity index (χ3n) is 4.81. The van der Waals surface area contributed by atoms with Gasteiger partial charge in [0.1, 0.15) is 12.6 Å². The number of hydrogen-bond acceptors (Lipinski definition) is 5. The summed E-state index contributed by atoms with van der Waals surface area (Å²) in [5.41, 5.74) is -0.548. The molecule has 0 saturated heterocycles. The van der Waals surface area contributed by atoms with Crippen LogP contribution < -0.4 is 16.1 Å². The zero-order valence-corrected chi connectivity index (χ0v) is 16.8. The number of fused-ring (bicyclic) bond motifs is 1. The molecule has 0 spiro atoms. The molecule has 0 unspecified atom stereocenters. The predicted octanol–water partition coefficient (Wildman–Crippen LogP) is -0.248. The second kappa shape index (κ2) is 8.98. The Morgan fingerprint density at radius 1 is 1.22 bits per heavy atom. The maximum Gasteiger partial charge on any atom is 0.329 e. The molecule has 9 nitrogen and oxygen atoms in total. The van der Waals surface area contributed by atoms with Crippen LogP contribution in [0.15, 0.2) is 9.59 Å². The first-order chi connectivity index (χ1) is 12.9. The Morgan fingerprint density at radius 3 is 2.37 bits per heavy atom. The van der Waals surface area contributed by atoms with Gasteiger partial charge in [0.2, 0.25) is 0 Å². The van der Waals surface area contributed by atoms with Crippen LogP contribution in [0.5, 0.6) is 0 Å². The first-order valence-corrected chi connectivity index (χ1v) is 9.50. The first-order valence-electron chi connectivity index (χ1n) is 9.50. The molecule has 9 heteroatoms. The average Bonchev–Trinajstić information content (AvgIpc) is 3.00. The number of quaternary nitrogens is 1. The number of nitrogens with one attached hydrogen (secondary N) is 2. The number of methoxy groups -OCH3 is 1. The lowest BCUT2D eigenvalue weighted by Crippen LogP contribution is -3.10. The van der Waals surface area contributed by atoms with Gasteiger partial charge in [-0.1, -0.05) is 20.8 Å². The Kier molecular flexibility index (Phi) is 6.95. The van der Waals surface area contributed by atoms with Crippen molar-refractivity contribution in [3.05, 3.63) is 26.7 Å². The van der Waals surface area contributed by atoms with Crippen LogP contribution in [0.4, 0.5) is 0 Å². The molecule has 0 aromatic carbocycles. The third-order valence-corrected chi connectivity index (χ3v) is 4.81. The van der Waals surface area contributed by atoms with Gasteiger partial charge in [0, 0.05) is 7.05 Å². The number of aromatic nitrogens is 4. The maximum atomic E-state index is 12.6. The minimum Gasteiger partial charge on any atom is -0.467 e. The smallest absolute Gasteiger partial charge is 0.329 e. The normalized spacial score (nSPS) is 12.7. The summed E-state index contributed by atoms with van der Waals surface area (Å²) in [6.45, 7) is 8.59. The molecule has 2 N–H and O–H groups in total. The molecule has 0 fully saturated rings. The number of aromatic amines is 1. The lowest BCUT2D eigenvalue weighted by Gasteiger charge is -2.21. The second-order valence-electron chi connectivity index (χ2n) is 6.76. The van der Waals surface area contributed by atoms with Crippen LogP contribution in [0, 0.1) is 0 Å². The van der Waals surface area contributed by atoms with E-state index in [4.69, 9.17) is 4.74 Å². The SMILES string of the molecule is CCC[NH+](CCC)Cc1nc2c(c(=O)[nH]c(=O)n2C)n1[C@@H](CC)C(=O)OC. The van der Waals surface area contributed by atoms with Crippen molar-refractivity contribution < 1.29 is 14.4 Å². The molecule has 0 amide bonds. The number of ether oxygens (including phenoxy) is 1. The van der Waals surface area contributed by atoms with Crippen molar-refractivity contribution >= 4 is 17.1 Å². The Labute approximate surface area is 158 Å². The molecular weight excluding hydrogens is 350 g/mol. The fraction of sp³-hybridized carbons (Fsp3) is 0.667. The molecule has 0 saturated carbocycles. The lowest BCUT2D eigenvalue weighted by molar-refractivity contribution is -0.914. The standard InChI is InChI=1S/C18H29N5O4/c1-6-9-22(10-7-2)11-13-19-15-14(16(24)20-18(26)21(15)4)23(13)12(8-3)17(25)27-5/h12H,6-11H2,1-5H3,(H,20,24,26)/p+1/t12-/m0/s1. The van der Waals surface area contributed by atoms with E-state index in [1.807, 2.05) is 6.92 Å². The molecule has 0 radical (unpaired) electrons. The molecule has 1 atom stereocenters. The van der Waals surface area contributed by atoms with Gasteiger partial charge in [0.05, 0.1) is 20.2 Å². The lowest BCUT2D eigenvalue weighted by atomic mass is 10.2. The highest BCUT2D eigenvalue weighted by molar-refractivity contribution is 5.79. The molecule has 27 heavy (non-hydrogen) atoms. The van der Waals surface area contributed by atoms with Gasteiger partial charge in [0.15, 0.2) is 17.0 Å². The summed E-state index contributed by atoms with van der Waals surface area (Å²) in [6.07, 6.45) is 2.48. The van der Waals surface area contributed by atoms with E-state index in [1.54, 1.807) is 11.6 Å². The zero-order valence-electron chi connectivity index (χ0n) is 16.8. The number of esters is 1. The topological polar surface area (TPSA) is 103 Å². The fourth-order valence-electron chi connectivity index (χ4n) is 3.53. The minimum absolute atomic E-state index is 0.233. The number of aryl methyl sites for hydroxylation is 1. The summed E-state index contributed by atoms with van der Waals surface area (Å²) in [5.74, 6) is 0.185. The number of hydrogen-bond donors (Lipinski definition) is 2. The van der Waals surface area contributed by atoms with Gasteiger partial charge in [0.25, 0.3) is 5.56 Å². The maximum absolute atomic E-state index is 12.6. The molecule has 0 aliphatic rings. The Hall–Kier alpha value is -2.42. The molecule has 2 rings (SSSR count). The van der Waals surface area contributed by atoms with Gasteiger partial charge in [-0.15, -0.1) is 0 Å². The fourth-order valence-corrected chi connectivity index (χ4v) is 3.53. The second-order valence-corrected chi connectivity index (χ2v) is 6.76. The monoisotopic (exact) mass is 380 g/mol. The number of carbonyl (C=O) groups excluding carboxylic acids is 1. The van der Waals surface area contributed by atoms with Crippen molar-refractivity contribution in [3.63, 3.8) is 0 Å². The third kappa shape index (κ3) is 4.13. The number of nitrogens with zero attached hydrogens (tertiary/aromatic N) is 3. The van der Waals surface area contributed by atoms with Gasteiger partial charge >= 0.3 is 11.7 Å². The van der Waals surface area contributed by atoms with E-state index in [1.165, 1.54) is 16.6 Å². The van der Waals surface area contributed by atoms with Crippen molar-refractivity contribution in [2.24, 2.45) is 7.05 Å². The Bertz CT molecular complexity index is 905. The number of imidazole rings is 1. The van der Waals surface area contributed by atoms with Gasteiger partial charge in [-0.3, -0.25) is 14.3 Å². The van der Waals surface area contributed by atoms with Crippen LogP contribution in [0.3, 0.4) is 0 Å². The van der Waals surface area contributed by atoms with E-state index in [-0.39, 0.29) is 11.2 Å². The predicted molar refractivity (Wildman–Crippen MR) is 102 cm³/mol. The van der Waals surface area contributed by atoms with E-state index >= 15 is 0 Å².